The molecule has 1 aromatic carbocycles. The number of methoxy groups -OCH3 is 1. The van der Waals surface area contributed by atoms with Crippen LogP contribution < -0.4 is 16.8 Å². The molecule has 6 nitrogen and oxygen atoms in total. The monoisotopic (exact) mass is 237 g/mol. The average Bonchev–Trinajstić information content (AvgIpc) is 2.30. The lowest BCUT2D eigenvalue weighted by Crippen LogP contribution is -2.27. The standard InChI is InChI=1S/C11H15N3O3/c1-6(11(16)17-2)14-9-5-7(10(13)15)3-4-8(9)12/h3-6,14H,12H2,1-2H3,(H2,13,15). The second kappa shape index (κ2) is 5.20. The van der Waals surface area contributed by atoms with E-state index in [0.29, 0.717) is 16.9 Å². The highest BCUT2D eigenvalue weighted by molar-refractivity contribution is 5.95. The van der Waals surface area contributed by atoms with Gasteiger partial charge in [-0.15, -0.1) is 0 Å². The van der Waals surface area contributed by atoms with Crippen molar-refractivity contribution in [3.63, 3.8) is 0 Å². The van der Waals surface area contributed by atoms with Crippen molar-refractivity contribution < 1.29 is 14.3 Å². The summed E-state index contributed by atoms with van der Waals surface area (Å²) in [5.74, 6) is -0.979. The average molecular weight is 237 g/mol. The molecule has 1 unspecified atom stereocenters. The molecule has 0 spiro atoms. The summed E-state index contributed by atoms with van der Waals surface area (Å²) in [6.45, 7) is 1.63. The van der Waals surface area contributed by atoms with Crippen LogP contribution in [0.25, 0.3) is 0 Å². The summed E-state index contributed by atoms with van der Waals surface area (Å²) in [5, 5.41) is 2.85. The lowest BCUT2D eigenvalue weighted by Gasteiger charge is -2.15. The topological polar surface area (TPSA) is 107 Å². The molecule has 0 aliphatic carbocycles. The van der Waals surface area contributed by atoms with Crippen LogP contribution in [0.3, 0.4) is 0 Å². The SMILES string of the molecule is COC(=O)C(C)Nc1cc(C(N)=O)ccc1N. The van der Waals surface area contributed by atoms with Crippen molar-refractivity contribution in [2.75, 3.05) is 18.2 Å². The smallest absolute Gasteiger partial charge is 0.327 e. The largest absolute Gasteiger partial charge is 0.467 e. The third kappa shape index (κ3) is 3.10. The van der Waals surface area contributed by atoms with Crippen molar-refractivity contribution in [1.82, 2.24) is 0 Å². The third-order valence-corrected chi connectivity index (χ3v) is 2.26. The molecule has 0 saturated heterocycles. The minimum Gasteiger partial charge on any atom is -0.467 e. The van der Waals surface area contributed by atoms with Gasteiger partial charge in [0.25, 0.3) is 0 Å². The third-order valence-electron chi connectivity index (χ3n) is 2.26. The van der Waals surface area contributed by atoms with Gasteiger partial charge >= 0.3 is 5.97 Å². The number of primary amides is 1. The van der Waals surface area contributed by atoms with Crippen molar-refractivity contribution in [3.8, 4) is 0 Å². The maximum Gasteiger partial charge on any atom is 0.327 e. The molecule has 0 fully saturated rings. The minimum atomic E-state index is -0.564. The van der Waals surface area contributed by atoms with Gasteiger partial charge in [0.15, 0.2) is 0 Å². The van der Waals surface area contributed by atoms with E-state index in [1.165, 1.54) is 19.2 Å². The Morgan fingerprint density at radius 3 is 2.59 bits per heavy atom. The Morgan fingerprint density at radius 1 is 1.41 bits per heavy atom. The second-order valence-electron chi connectivity index (χ2n) is 3.56. The first-order valence-corrected chi connectivity index (χ1v) is 4.99. The summed E-state index contributed by atoms with van der Waals surface area (Å²) in [6.07, 6.45) is 0. The van der Waals surface area contributed by atoms with E-state index in [1.54, 1.807) is 13.0 Å². The summed E-state index contributed by atoms with van der Waals surface area (Å²) in [4.78, 5) is 22.2. The molecule has 1 aromatic rings. The highest BCUT2D eigenvalue weighted by atomic mass is 16.5. The van der Waals surface area contributed by atoms with E-state index in [4.69, 9.17) is 11.5 Å². The van der Waals surface area contributed by atoms with Crippen LogP contribution in [0.2, 0.25) is 0 Å². The minimum absolute atomic E-state index is 0.318. The molecule has 1 atom stereocenters. The van der Waals surface area contributed by atoms with E-state index in [0.717, 1.165) is 0 Å². The van der Waals surface area contributed by atoms with E-state index >= 15 is 0 Å². The molecule has 92 valence electrons. The van der Waals surface area contributed by atoms with Crippen LogP contribution in [-0.2, 0) is 9.53 Å². The number of benzene rings is 1. The summed E-state index contributed by atoms with van der Waals surface area (Å²) in [5.41, 5.74) is 12.1. The van der Waals surface area contributed by atoms with E-state index < -0.39 is 17.9 Å². The Bertz CT molecular complexity index is 446. The number of rotatable bonds is 4. The van der Waals surface area contributed by atoms with Crippen LogP contribution in [0.15, 0.2) is 18.2 Å². The molecular weight excluding hydrogens is 222 g/mol. The van der Waals surface area contributed by atoms with E-state index in [9.17, 15) is 9.59 Å². The number of nitrogen functional groups attached to an aromatic ring is 1. The maximum absolute atomic E-state index is 11.2. The van der Waals surface area contributed by atoms with Crippen LogP contribution in [0.1, 0.15) is 17.3 Å². The first-order chi connectivity index (χ1) is 7.95. The van der Waals surface area contributed by atoms with Gasteiger partial charge in [-0.05, 0) is 25.1 Å². The van der Waals surface area contributed by atoms with Crippen molar-refractivity contribution in [3.05, 3.63) is 23.8 Å². The van der Waals surface area contributed by atoms with Crippen LogP contribution >= 0.6 is 0 Å². The number of carbonyl (C=O) groups excluding carboxylic acids is 2. The molecular formula is C11H15N3O3. The Kier molecular flexibility index (Phi) is 3.92. The van der Waals surface area contributed by atoms with Crippen LogP contribution in [-0.4, -0.2) is 25.0 Å². The fourth-order valence-electron chi connectivity index (χ4n) is 1.30. The molecule has 17 heavy (non-hydrogen) atoms. The number of hydrogen-bond donors (Lipinski definition) is 3. The number of ether oxygens (including phenoxy) is 1. The number of hydrogen-bond acceptors (Lipinski definition) is 5. The number of anilines is 2. The second-order valence-corrected chi connectivity index (χ2v) is 3.56. The molecule has 1 amide bonds. The number of esters is 1. The molecule has 0 aromatic heterocycles. The van der Waals surface area contributed by atoms with Gasteiger partial charge in [0.05, 0.1) is 18.5 Å². The van der Waals surface area contributed by atoms with Crippen molar-refractivity contribution in [2.24, 2.45) is 5.73 Å². The molecule has 1 rings (SSSR count). The summed E-state index contributed by atoms with van der Waals surface area (Å²) >= 11 is 0. The number of nitrogens with one attached hydrogen (secondary N) is 1. The highest BCUT2D eigenvalue weighted by Gasteiger charge is 2.14. The zero-order chi connectivity index (χ0) is 13.0. The van der Waals surface area contributed by atoms with Gasteiger partial charge in [-0.25, -0.2) is 4.79 Å². The summed E-state index contributed by atoms with van der Waals surface area (Å²) in [6, 6.07) is 4.00. The highest BCUT2D eigenvalue weighted by Crippen LogP contribution is 2.20. The van der Waals surface area contributed by atoms with Gasteiger partial charge in [0.1, 0.15) is 6.04 Å². The summed E-state index contributed by atoms with van der Waals surface area (Å²) < 4.78 is 4.57. The van der Waals surface area contributed by atoms with Crippen LogP contribution in [0.5, 0.6) is 0 Å². The molecule has 0 heterocycles. The molecule has 0 aliphatic heterocycles. The molecule has 0 saturated carbocycles. The predicted molar refractivity (Wildman–Crippen MR) is 64.5 cm³/mol. The molecule has 0 radical (unpaired) electrons. The van der Waals surface area contributed by atoms with Gasteiger partial charge in [-0.3, -0.25) is 4.79 Å². The molecule has 0 bridgehead atoms. The first kappa shape index (κ1) is 12.8. The zero-order valence-corrected chi connectivity index (χ0v) is 9.69. The Balaban J connectivity index is 2.93. The van der Waals surface area contributed by atoms with E-state index in [2.05, 4.69) is 10.1 Å². The van der Waals surface area contributed by atoms with Gasteiger partial charge < -0.3 is 21.5 Å². The fraction of sp³-hybridized carbons (Fsp3) is 0.273. The normalized spacial score (nSPS) is 11.6. The lowest BCUT2D eigenvalue weighted by molar-refractivity contribution is -0.141. The van der Waals surface area contributed by atoms with Gasteiger partial charge in [0, 0.05) is 5.56 Å². The predicted octanol–water partition coefficient (Wildman–Crippen LogP) is 0.341. The van der Waals surface area contributed by atoms with E-state index in [-0.39, 0.29) is 0 Å². The number of nitrogens with two attached hydrogens (primary N) is 2. The number of amides is 1. The van der Waals surface area contributed by atoms with Crippen molar-refractivity contribution in [1.29, 1.82) is 0 Å². The van der Waals surface area contributed by atoms with Gasteiger partial charge in [0.2, 0.25) is 5.91 Å². The lowest BCUT2D eigenvalue weighted by atomic mass is 10.1. The molecule has 5 N–H and O–H groups in total. The number of carbonyl (C=O) groups is 2. The molecule has 0 aliphatic rings. The van der Waals surface area contributed by atoms with Crippen LogP contribution in [0.4, 0.5) is 11.4 Å². The zero-order valence-electron chi connectivity index (χ0n) is 9.69. The van der Waals surface area contributed by atoms with Gasteiger partial charge in [-0.2, -0.15) is 0 Å². The first-order valence-electron chi connectivity index (χ1n) is 4.99. The Hall–Kier alpha value is -2.24. The van der Waals surface area contributed by atoms with Crippen molar-refractivity contribution >= 4 is 23.3 Å². The summed E-state index contributed by atoms with van der Waals surface area (Å²) in [7, 11) is 1.30. The van der Waals surface area contributed by atoms with Gasteiger partial charge in [-0.1, -0.05) is 0 Å². The molecule has 6 heteroatoms. The maximum atomic E-state index is 11.2. The van der Waals surface area contributed by atoms with Crippen molar-refractivity contribution in [2.45, 2.75) is 13.0 Å². The fourth-order valence-corrected chi connectivity index (χ4v) is 1.30. The van der Waals surface area contributed by atoms with E-state index in [1.807, 2.05) is 0 Å². The quantitative estimate of drug-likeness (QED) is 0.517. The Morgan fingerprint density at radius 2 is 2.06 bits per heavy atom. The van der Waals surface area contributed by atoms with Crippen LogP contribution in [0, 0.1) is 0 Å². The Labute approximate surface area is 98.9 Å².